The molecule has 0 radical (unpaired) electrons. The van der Waals surface area contributed by atoms with Gasteiger partial charge >= 0.3 is 6.01 Å². The predicted molar refractivity (Wildman–Crippen MR) is 117 cm³/mol. The van der Waals surface area contributed by atoms with E-state index < -0.39 is 0 Å². The van der Waals surface area contributed by atoms with Crippen LogP contribution in [-0.2, 0) is 19.6 Å². The van der Waals surface area contributed by atoms with Crippen LogP contribution in [0.5, 0.6) is 11.8 Å². The second-order valence-corrected chi connectivity index (χ2v) is 7.27. The van der Waals surface area contributed by atoms with Crippen LogP contribution in [-0.4, -0.2) is 19.9 Å². The molecule has 4 aromatic rings. The van der Waals surface area contributed by atoms with Crippen molar-refractivity contribution in [2.75, 3.05) is 0 Å². The Balaban J connectivity index is 1.51. The van der Waals surface area contributed by atoms with Gasteiger partial charge in [-0.2, -0.15) is 0 Å². The second-order valence-electron chi connectivity index (χ2n) is 7.27. The van der Waals surface area contributed by atoms with Gasteiger partial charge in [-0.3, -0.25) is 9.88 Å². The van der Waals surface area contributed by atoms with E-state index in [2.05, 4.69) is 69.2 Å². The molecule has 2 aromatic carbocycles. The van der Waals surface area contributed by atoms with Crippen LogP contribution in [0.15, 0.2) is 91.5 Å². The van der Waals surface area contributed by atoms with Crippen LogP contribution in [0.4, 0.5) is 0 Å². The Hall–Kier alpha value is -3.57. The standard InChI is InChI=1S/C25H24N4O/c1-20-6-8-21(9-7-20)17-29(18-22-10-14-26-15-11-22)19-23-4-2-5-24(16-23)30-25-27-12-3-13-28-25/h2-16H,17-19H2,1H3. The van der Waals surface area contributed by atoms with E-state index in [1.165, 1.54) is 22.3 Å². The highest BCUT2D eigenvalue weighted by atomic mass is 16.5. The molecule has 0 saturated heterocycles. The van der Waals surface area contributed by atoms with Crippen molar-refractivity contribution in [2.45, 2.75) is 26.6 Å². The summed E-state index contributed by atoms with van der Waals surface area (Å²) in [6.45, 7) is 4.60. The molecule has 150 valence electrons. The van der Waals surface area contributed by atoms with Crippen LogP contribution in [0, 0.1) is 6.92 Å². The molecule has 30 heavy (non-hydrogen) atoms. The normalized spacial score (nSPS) is 10.9. The van der Waals surface area contributed by atoms with Crippen molar-refractivity contribution in [2.24, 2.45) is 0 Å². The Morgan fingerprint density at radius 3 is 2.10 bits per heavy atom. The SMILES string of the molecule is Cc1ccc(CN(Cc2ccncc2)Cc2cccc(Oc3ncccn3)c2)cc1. The summed E-state index contributed by atoms with van der Waals surface area (Å²) in [5.41, 5.74) is 4.97. The van der Waals surface area contributed by atoms with Gasteiger partial charge in [0.25, 0.3) is 0 Å². The first-order valence-corrected chi connectivity index (χ1v) is 9.95. The maximum Gasteiger partial charge on any atom is 0.321 e. The van der Waals surface area contributed by atoms with Gasteiger partial charge in [0, 0.05) is 44.4 Å². The fourth-order valence-corrected chi connectivity index (χ4v) is 3.27. The van der Waals surface area contributed by atoms with E-state index in [1.54, 1.807) is 18.5 Å². The van der Waals surface area contributed by atoms with E-state index in [1.807, 2.05) is 30.6 Å². The molecule has 2 heterocycles. The zero-order chi connectivity index (χ0) is 20.6. The molecule has 5 nitrogen and oxygen atoms in total. The van der Waals surface area contributed by atoms with Crippen molar-refractivity contribution < 1.29 is 4.74 Å². The number of benzene rings is 2. The Morgan fingerprint density at radius 1 is 0.700 bits per heavy atom. The molecule has 0 bridgehead atoms. The van der Waals surface area contributed by atoms with Crippen LogP contribution in [0.3, 0.4) is 0 Å². The number of rotatable bonds is 8. The molecule has 0 amide bonds. The molecule has 0 unspecified atom stereocenters. The van der Waals surface area contributed by atoms with Gasteiger partial charge in [0.15, 0.2) is 0 Å². The molecule has 2 aromatic heterocycles. The van der Waals surface area contributed by atoms with Gasteiger partial charge in [-0.15, -0.1) is 0 Å². The summed E-state index contributed by atoms with van der Waals surface area (Å²) in [6.07, 6.45) is 7.02. The monoisotopic (exact) mass is 396 g/mol. The molecule has 0 aliphatic carbocycles. The van der Waals surface area contributed by atoms with E-state index in [0.29, 0.717) is 6.01 Å². The molecule has 5 heteroatoms. The van der Waals surface area contributed by atoms with Gasteiger partial charge < -0.3 is 4.74 Å². The zero-order valence-electron chi connectivity index (χ0n) is 17.0. The summed E-state index contributed by atoms with van der Waals surface area (Å²) in [5.74, 6) is 0.734. The van der Waals surface area contributed by atoms with Crippen LogP contribution in [0.2, 0.25) is 0 Å². The Bertz CT molecular complexity index is 1050. The number of pyridine rings is 1. The molecule has 0 spiro atoms. The van der Waals surface area contributed by atoms with Crippen molar-refractivity contribution in [1.29, 1.82) is 0 Å². The third-order valence-corrected chi connectivity index (χ3v) is 4.74. The topological polar surface area (TPSA) is 51.1 Å². The van der Waals surface area contributed by atoms with E-state index in [0.717, 1.165) is 25.4 Å². The zero-order valence-corrected chi connectivity index (χ0v) is 17.0. The largest absolute Gasteiger partial charge is 0.424 e. The highest BCUT2D eigenvalue weighted by Gasteiger charge is 2.10. The van der Waals surface area contributed by atoms with Gasteiger partial charge in [0.05, 0.1) is 0 Å². The third kappa shape index (κ3) is 5.72. The number of aryl methyl sites for hydroxylation is 1. The van der Waals surface area contributed by atoms with Crippen molar-refractivity contribution >= 4 is 0 Å². The lowest BCUT2D eigenvalue weighted by Gasteiger charge is -2.23. The summed E-state index contributed by atoms with van der Waals surface area (Å²) >= 11 is 0. The molecule has 4 rings (SSSR count). The molecule has 0 atom stereocenters. The molecule has 0 N–H and O–H groups in total. The van der Waals surface area contributed by atoms with E-state index in [4.69, 9.17) is 4.74 Å². The smallest absolute Gasteiger partial charge is 0.321 e. The van der Waals surface area contributed by atoms with Crippen LogP contribution >= 0.6 is 0 Å². The van der Waals surface area contributed by atoms with Crippen LogP contribution in [0.1, 0.15) is 22.3 Å². The number of nitrogens with zero attached hydrogens (tertiary/aromatic N) is 4. The highest BCUT2D eigenvalue weighted by Crippen LogP contribution is 2.21. The minimum absolute atomic E-state index is 0.350. The molecule has 0 aliphatic rings. The number of ether oxygens (including phenoxy) is 1. The van der Waals surface area contributed by atoms with Gasteiger partial charge in [0.2, 0.25) is 0 Å². The summed E-state index contributed by atoms with van der Waals surface area (Å²) < 4.78 is 5.80. The highest BCUT2D eigenvalue weighted by molar-refractivity contribution is 5.30. The van der Waals surface area contributed by atoms with E-state index >= 15 is 0 Å². The maximum absolute atomic E-state index is 5.80. The Morgan fingerprint density at radius 2 is 1.37 bits per heavy atom. The maximum atomic E-state index is 5.80. The summed E-state index contributed by atoms with van der Waals surface area (Å²) in [5, 5.41) is 0. The number of aromatic nitrogens is 3. The average molecular weight is 396 g/mol. The van der Waals surface area contributed by atoms with E-state index in [-0.39, 0.29) is 0 Å². The lowest BCUT2D eigenvalue weighted by molar-refractivity contribution is 0.247. The molecular formula is C25H24N4O. The number of hydrogen-bond donors (Lipinski definition) is 0. The fraction of sp³-hybridized carbons (Fsp3) is 0.160. The van der Waals surface area contributed by atoms with Crippen molar-refractivity contribution in [3.63, 3.8) is 0 Å². The summed E-state index contributed by atoms with van der Waals surface area (Å²) in [4.78, 5) is 14.8. The molecule has 0 fully saturated rings. The number of hydrogen-bond acceptors (Lipinski definition) is 5. The first kappa shape index (κ1) is 19.7. The Kier molecular flexibility index (Phi) is 6.42. The first-order valence-electron chi connectivity index (χ1n) is 9.95. The molecule has 0 saturated carbocycles. The molecular weight excluding hydrogens is 372 g/mol. The van der Waals surface area contributed by atoms with Crippen molar-refractivity contribution in [3.8, 4) is 11.8 Å². The minimum atomic E-state index is 0.350. The summed E-state index contributed by atoms with van der Waals surface area (Å²) in [7, 11) is 0. The lowest BCUT2D eigenvalue weighted by Crippen LogP contribution is -2.22. The second kappa shape index (κ2) is 9.76. The van der Waals surface area contributed by atoms with Gasteiger partial charge in [0.1, 0.15) is 5.75 Å². The van der Waals surface area contributed by atoms with Gasteiger partial charge in [-0.05, 0) is 53.9 Å². The van der Waals surface area contributed by atoms with Crippen molar-refractivity contribution in [1.82, 2.24) is 19.9 Å². The third-order valence-electron chi connectivity index (χ3n) is 4.74. The first-order chi connectivity index (χ1) is 14.7. The fourth-order valence-electron chi connectivity index (χ4n) is 3.27. The van der Waals surface area contributed by atoms with Gasteiger partial charge in [-0.25, -0.2) is 9.97 Å². The van der Waals surface area contributed by atoms with Crippen LogP contribution < -0.4 is 4.74 Å². The lowest BCUT2D eigenvalue weighted by atomic mass is 10.1. The minimum Gasteiger partial charge on any atom is -0.424 e. The van der Waals surface area contributed by atoms with Gasteiger partial charge in [-0.1, -0.05) is 42.0 Å². The Labute approximate surface area is 177 Å². The van der Waals surface area contributed by atoms with E-state index in [9.17, 15) is 0 Å². The van der Waals surface area contributed by atoms with Crippen LogP contribution in [0.25, 0.3) is 0 Å². The molecule has 0 aliphatic heterocycles. The predicted octanol–water partition coefficient (Wildman–Crippen LogP) is 5.17. The summed E-state index contributed by atoms with van der Waals surface area (Å²) in [6, 6.07) is 23.1. The average Bonchev–Trinajstić information content (AvgIpc) is 2.77. The van der Waals surface area contributed by atoms with Crippen molar-refractivity contribution in [3.05, 3.63) is 114 Å². The quantitative estimate of drug-likeness (QED) is 0.411.